The zero-order valence-electron chi connectivity index (χ0n) is 6.01. The summed E-state index contributed by atoms with van der Waals surface area (Å²) in [5.41, 5.74) is 5.91. The second kappa shape index (κ2) is 10.5. The van der Waals surface area contributed by atoms with Crippen molar-refractivity contribution >= 4 is 5.96 Å². The van der Waals surface area contributed by atoms with E-state index in [1.54, 1.807) is 0 Å². The average molecular weight is 205 g/mol. The Labute approximate surface area is 108 Å². The monoisotopic (exact) mass is 205 g/mol. The van der Waals surface area contributed by atoms with Crippen LogP contribution in [0.15, 0.2) is 0 Å². The van der Waals surface area contributed by atoms with Gasteiger partial charge in [-0.15, -0.1) is 0 Å². The van der Waals surface area contributed by atoms with Crippen LogP contribution in [0.5, 0.6) is 0 Å². The zero-order chi connectivity index (χ0) is 9.44. The molecule has 0 aliphatic heterocycles. The van der Waals surface area contributed by atoms with Crippen LogP contribution in [0, 0.1) is 30.8 Å². The fourth-order valence-corrected chi connectivity index (χ4v) is 0.0983. The van der Waals surface area contributed by atoms with E-state index in [0.29, 0.717) is 0 Å². The fourth-order valence-electron chi connectivity index (χ4n) is 0.0983. The molecule has 64 valence electrons. The van der Waals surface area contributed by atoms with E-state index in [-0.39, 0.29) is 51.4 Å². The number of nitrogens with two attached hydrogens (primary N) is 1. The van der Waals surface area contributed by atoms with Crippen molar-refractivity contribution < 1.29 is 61.5 Å². The van der Waals surface area contributed by atoms with Crippen LogP contribution in [0.1, 0.15) is 0 Å². The van der Waals surface area contributed by atoms with Crippen LogP contribution < -0.4 is 62.5 Å². The van der Waals surface area contributed by atoms with Crippen LogP contribution in [-0.2, 0) is 0 Å². The maximum absolute atomic E-state index is 9.28. The van der Waals surface area contributed by atoms with E-state index >= 15 is 0 Å². The van der Waals surface area contributed by atoms with E-state index in [1.165, 1.54) is 5.43 Å². The third-order valence-electron chi connectivity index (χ3n) is 0.212. The standard InChI is InChI=1S/CH4N4O2.K.NO3/c2-1(3)4-5(6)7;;2-1(3)4/h(H4,2,3,4);;/q;+1;-1. The summed E-state index contributed by atoms with van der Waals surface area (Å²) in [7, 11) is 0. The largest absolute Gasteiger partial charge is 1.00 e. The molecule has 0 aliphatic rings. The molecule has 0 amide bonds. The van der Waals surface area contributed by atoms with Crippen LogP contribution in [-0.4, -0.2) is 16.1 Å². The molecule has 0 spiro atoms. The van der Waals surface area contributed by atoms with Crippen LogP contribution in [0.25, 0.3) is 0 Å². The van der Waals surface area contributed by atoms with Gasteiger partial charge in [-0.25, -0.2) is 10.1 Å². The summed E-state index contributed by atoms with van der Waals surface area (Å²) in [6.45, 7) is 0. The topological polar surface area (TPSA) is 171 Å². The van der Waals surface area contributed by atoms with Crippen LogP contribution in [0.2, 0.25) is 0 Å². The minimum atomic E-state index is -1.75. The molecule has 0 saturated heterocycles. The Bertz CT molecular complexity index is 153. The molecular weight excluding hydrogens is 201 g/mol. The molecule has 10 nitrogen and oxygen atoms in total. The van der Waals surface area contributed by atoms with E-state index in [0.717, 1.165) is 0 Å². The summed E-state index contributed by atoms with van der Waals surface area (Å²) in [6, 6.07) is 0. The van der Waals surface area contributed by atoms with E-state index in [1.807, 2.05) is 0 Å². The van der Waals surface area contributed by atoms with E-state index in [2.05, 4.69) is 5.73 Å². The van der Waals surface area contributed by atoms with Gasteiger partial charge in [-0.3, -0.25) is 5.41 Å². The molecule has 0 heterocycles. The summed E-state index contributed by atoms with van der Waals surface area (Å²) in [5, 5.41) is 29.4. The number of nitrogens with one attached hydrogen (secondary N) is 2. The van der Waals surface area contributed by atoms with Gasteiger partial charge in [0.2, 0.25) is 5.96 Å². The summed E-state index contributed by atoms with van der Waals surface area (Å²) in [5.74, 6) is -0.662. The molecule has 0 aliphatic carbocycles. The Morgan fingerprint density at radius 2 is 1.58 bits per heavy atom. The van der Waals surface area contributed by atoms with Crippen molar-refractivity contribution in [1.29, 1.82) is 5.41 Å². The van der Waals surface area contributed by atoms with Crippen LogP contribution in [0.3, 0.4) is 0 Å². The molecule has 12 heavy (non-hydrogen) atoms. The first-order chi connectivity index (χ1) is 4.86. The Kier molecular flexibility index (Phi) is 15.4. The molecular formula is CH4KN5O5. The van der Waals surface area contributed by atoms with Gasteiger partial charge in [-0.1, -0.05) is 5.43 Å². The van der Waals surface area contributed by atoms with E-state index in [9.17, 15) is 10.1 Å². The van der Waals surface area contributed by atoms with Crippen molar-refractivity contribution in [1.82, 2.24) is 5.43 Å². The van der Waals surface area contributed by atoms with Crippen LogP contribution >= 0.6 is 0 Å². The van der Waals surface area contributed by atoms with Gasteiger partial charge in [-0.2, -0.15) is 0 Å². The number of hydrogen-bond acceptors (Lipinski definition) is 6. The quantitative estimate of drug-likeness (QED) is 0.127. The molecule has 0 fully saturated rings. The number of guanidine groups is 1. The predicted molar refractivity (Wildman–Crippen MR) is 32.4 cm³/mol. The van der Waals surface area contributed by atoms with Gasteiger partial charge in [0.15, 0.2) is 5.03 Å². The van der Waals surface area contributed by atoms with Crippen molar-refractivity contribution in [3.05, 3.63) is 25.4 Å². The van der Waals surface area contributed by atoms with Crippen LogP contribution in [0.4, 0.5) is 0 Å². The number of hydrogen-bond donors (Lipinski definition) is 3. The van der Waals surface area contributed by atoms with Crippen molar-refractivity contribution in [3.8, 4) is 0 Å². The Hall–Kier alpha value is -0.494. The molecule has 0 unspecified atom stereocenters. The predicted octanol–water partition coefficient (Wildman–Crippen LogP) is -4.57. The number of nitrogens with zero attached hydrogens (tertiary/aromatic N) is 2. The Morgan fingerprint density at radius 1 is 1.33 bits per heavy atom. The third kappa shape index (κ3) is 55.9. The normalized spacial score (nSPS) is 6.33. The Morgan fingerprint density at radius 3 is 1.58 bits per heavy atom. The van der Waals surface area contributed by atoms with Crippen molar-refractivity contribution in [2.45, 2.75) is 0 Å². The minimum absolute atomic E-state index is 0. The minimum Gasteiger partial charge on any atom is -0.366 e. The average Bonchev–Trinajstić information content (AvgIpc) is 1.56. The third-order valence-corrected chi connectivity index (χ3v) is 0.212. The van der Waals surface area contributed by atoms with Gasteiger partial charge >= 0.3 is 51.4 Å². The molecule has 0 atom stereocenters. The second-order valence-electron chi connectivity index (χ2n) is 1.01. The summed E-state index contributed by atoms with van der Waals surface area (Å²) in [4.78, 5) is 17.5. The van der Waals surface area contributed by atoms with Gasteiger partial charge in [0.05, 0.1) is 5.09 Å². The molecule has 0 rings (SSSR count). The molecule has 0 bridgehead atoms. The molecule has 0 aromatic rings. The first-order valence-corrected chi connectivity index (χ1v) is 1.93. The molecule has 0 saturated carbocycles. The molecule has 0 aromatic heterocycles. The molecule has 0 radical (unpaired) electrons. The molecule has 11 heteroatoms. The van der Waals surface area contributed by atoms with E-state index in [4.69, 9.17) is 20.7 Å². The second-order valence-corrected chi connectivity index (χ2v) is 1.01. The number of rotatable bonds is 1. The van der Waals surface area contributed by atoms with Gasteiger partial charge < -0.3 is 21.1 Å². The number of nitro groups is 1. The molecule has 0 aromatic carbocycles. The number of hydrazine groups is 1. The summed E-state index contributed by atoms with van der Waals surface area (Å²) in [6.07, 6.45) is 0. The van der Waals surface area contributed by atoms with Crippen molar-refractivity contribution in [2.75, 3.05) is 0 Å². The smallest absolute Gasteiger partial charge is 0.366 e. The first-order valence-electron chi connectivity index (χ1n) is 1.93. The van der Waals surface area contributed by atoms with Gasteiger partial charge in [0, 0.05) is 0 Å². The van der Waals surface area contributed by atoms with E-state index < -0.39 is 16.1 Å². The maximum Gasteiger partial charge on any atom is 1.00 e. The summed E-state index contributed by atoms with van der Waals surface area (Å²) >= 11 is 0. The van der Waals surface area contributed by atoms with Gasteiger partial charge in [0.25, 0.3) is 0 Å². The first kappa shape index (κ1) is 17.6. The Balaban J connectivity index is -0.000000142. The summed E-state index contributed by atoms with van der Waals surface area (Å²) < 4.78 is 0. The SMILES string of the molecule is N=C(N)N[N+](=O)[O-].O=[N+]([O-])[O-].[K+]. The van der Waals surface area contributed by atoms with Gasteiger partial charge in [-0.05, 0) is 0 Å². The zero-order valence-corrected chi connectivity index (χ0v) is 9.14. The fraction of sp³-hybridized carbons (Fsp3) is 0. The molecule has 4 N–H and O–H groups in total. The van der Waals surface area contributed by atoms with Gasteiger partial charge in [0.1, 0.15) is 0 Å². The van der Waals surface area contributed by atoms with Crippen molar-refractivity contribution in [3.63, 3.8) is 0 Å². The van der Waals surface area contributed by atoms with Crippen molar-refractivity contribution in [2.24, 2.45) is 5.73 Å². The maximum atomic E-state index is 9.28.